The monoisotopic (exact) mass is 356 g/mol. The Morgan fingerprint density at radius 3 is 2.69 bits per heavy atom. The molecule has 0 radical (unpaired) electrons. The SMILES string of the molecule is NCC1CC(=O)N(c2cccc3c2CN(C2CCC(=O)NC2=O)C3=O)C1. The lowest BCUT2D eigenvalue weighted by atomic mass is 10.0. The Morgan fingerprint density at radius 1 is 1.19 bits per heavy atom. The van der Waals surface area contributed by atoms with Gasteiger partial charge in [-0.15, -0.1) is 0 Å². The second-order valence-electron chi connectivity index (χ2n) is 7.01. The number of nitrogens with two attached hydrogens (primary N) is 1. The fourth-order valence-corrected chi connectivity index (χ4v) is 3.99. The van der Waals surface area contributed by atoms with Gasteiger partial charge in [0.15, 0.2) is 0 Å². The van der Waals surface area contributed by atoms with Gasteiger partial charge >= 0.3 is 0 Å². The summed E-state index contributed by atoms with van der Waals surface area (Å²) in [6.45, 7) is 1.24. The first-order chi connectivity index (χ1) is 12.5. The van der Waals surface area contributed by atoms with Crippen molar-refractivity contribution in [2.45, 2.75) is 31.8 Å². The number of amides is 4. The second kappa shape index (κ2) is 6.21. The average Bonchev–Trinajstić information content (AvgIpc) is 3.15. The molecule has 4 rings (SSSR count). The van der Waals surface area contributed by atoms with Crippen LogP contribution in [-0.2, 0) is 20.9 Å². The van der Waals surface area contributed by atoms with Gasteiger partial charge < -0.3 is 15.5 Å². The highest BCUT2D eigenvalue weighted by atomic mass is 16.2. The van der Waals surface area contributed by atoms with Crippen molar-refractivity contribution in [3.63, 3.8) is 0 Å². The summed E-state index contributed by atoms with van der Waals surface area (Å²) >= 11 is 0. The summed E-state index contributed by atoms with van der Waals surface area (Å²) in [5, 5.41) is 2.29. The zero-order valence-corrected chi connectivity index (χ0v) is 14.2. The summed E-state index contributed by atoms with van der Waals surface area (Å²) in [4.78, 5) is 51.9. The first-order valence-corrected chi connectivity index (χ1v) is 8.76. The number of fused-ring (bicyclic) bond motifs is 1. The van der Waals surface area contributed by atoms with E-state index in [1.165, 1.54) is 4.90 Å². The first kappa shape index (κ1) is 16.7. The zero-order valence-electron chi connectivity index (χ0n) is 14.2. The molecule has 2 fully saturated rings. The normalized spacial score (nSPS) is 25.7. The lowest BCUT2D eigenvalue weighted by molar-refractivity contribution is -0.137. The summed E-state index contributed by atoms with van der Waals surface area (Å²) in [6.07, 6.45) is 0.939. The zero-order chi connectivity index (χ0) is 18.4. The predicted octanol–water partition coefficient (Wildman–Crippen LogP) is -0.241. The summed E-state index contributed by atoms with van der Waals surface area (Å²) < 4.78 is 0. The van der Waals surface area contributed by atoms with Crippen molar-refractivity contribution >= 4 is 29.3 Å². The molecular formula is C18H20N4O4. The molecule has 0 aliphatic carbocycles. The van der Waals surface area contributed by atoms with E-state index in [-0.39, 0.29) is 36.6 Å². The number of carbonyl (C=O) groups excluding carboxylic acids is 4. The van der Waals surface area contributed by atoms with Crippen LogP contribution >= 0.6 is 0 Å². The van der Waals surface area contributed by atoms with E-state index in [1.54, 1.807) is 17.0 Å². The van der Waals surface area contributed by atoms with Crippen molar-refractivity contribution in [2.75, 3.05) is 18.0 Å². The van der Waals surface area contributed by atoms with Crippen molar-refractivity contribution in [2.24, 2.45) is 11.7 Å². The molecule has 3 aliphatic rings. The number of piperidine rings is 1. The van der Waals surface area contributed by atoms with Crippen molar-refractivity contribution in [1.82, 2.24) is 10.2 Å². The molecule has 4 amide bonds. The lowest BCUT2D eigenvalue weighted by Gasteiger charge is -2.29. The molecule has 1 aromatic carbocycles. The molecule has 0 bridgehead atoms. The van der Waals surface area contributed by atoms with E-state index < -0.39 is 11.9 Å². The highest BCUT2D eigenvalue weighted by molar-refractivity contribution is 6.07. The number of nitrogens with one attached hydrogen (secondary N) is 1. The van der Waals surface area contributed by atoms with E-state index in [4.69, 9.17) is 5.73 Å². The average molecular weight is 356 g/mol. The number of hydrogen-bond acceptors (Lipinski definition) is 5. The summed E-state index contributed by atoms with van der Waals surface area (Å²) in [7, 11) is 0. The molecule has 2 saturated heterocycles. The largest absolute Gasteiger partial charge is 0.330 e. The minimum absolute atomic E-state index is 0.000699. The molecule has 1 aromatic rings. The minimum Gasteiger partial charge on any atom is -0.330 e. The van der Waals surface area contributed by atoms with Gasteiger partial charge in [0.25, 0.3) is 5.91 Å². The van der Waals surface area contributed by atoms with Crippen molar-refractivity contribution in [3.05, 3.63) is 29.3 Å². The van der Waals surface area contributed by atoms with Crippen LogP contribution in [0.15, 0.2) is 18.2 Å². The van der Waals surface area contributed by atoms with Crippen LogP contribution in [-0.4, -0.2) is 47.7 Å². The molecule has 0 saturated carbocycles. The Labute approximate surface area is 150 Å². The van der Waals surface area contributed by atoms with Crippen LogP contribution < -0.4 is 16.0 Å². The molecule has 3 aliphatic heterocycles. The highest BCUT2D eigenvalue weighted by Crippen LogP contribution is 2.36. The number of carbonyl (C=O) groups is 4. The van der Waals surface area contributed by atoms with Gasteiger partial charge in [0.2, 0.25) is 17.7 Å². The van der Waals surface area contributed by atoms with E-state index in [1.807, 2.05) is 6.07 Å². The second-order valence-corrected chi connectivity index (χ2v) is 7.01. The van der Waals surface area contributed by atoms with Crippen molar-refractivity contribution in [1.29, 1.82) is 0 Å². The van der Waals surface area contributed by atoms with Crippen LogP contribution in [0.3, 0.4) is 0 Å². The quantitative estimate of drug-likeness (QED) is 0.726. The van der Waals surface area contributed by atoms with Crippen LogP contribution in [0.25, 0.3) is 0 Å². The minimum atomic E-state index is -0.661. The van der Waals surface area contributed by atoms with Gasteiger partial charge in [0.1, 0.15) is 6.04 Å². The Bertz CT molecular complexity index is 821. The fourth-order valence-electron chi connectivity index (χ4n) is 3.99. The molecular weight excluding hydrogens is 336 g/mol. The standard InChI is InChI=1S/C18H20N4O4/c19-7-10-6-16(24)21(8-10)13-3-1-2-11-12(13)9-22(18(11)26)14-4-5-15(23)20-17(14)25/h1-3,10,14H,4-9,19H2,(H,20,23,25). The molecule has 3 N–H and O–H groups in total. The van der Waals surface area contributed by atoms with Crippen LogP contribution in [0.2, 0.25) is 0 Å². The van der Waals surface area contributed by atoms with Crippen LogP contribution in [0.5, 0.6) is 0 Å². The third kappa shape index (κ3) is 2.57. The van der Waals surface area contributed by atoms with E-state index in [2.05, 4.69) is 5.32 Å². The Hall–Kier alpha value is -2.74. The third-order valence-corrected chi connectivity index (χ3v) is 5.39. The number of benzene rings is 1. The van der Waals surface area contributed by atoms with Gasteiger partial charge in [-0.05, 0) is 31.0 Å². The molecule has 3 heterocycles. The molecule has 136 valence electrons. The number of anilines is 1. The lowest BCUT2D eigenvalue weighted by Crippen LogP contribution is -2.52. The predicted molar refractivity (Wildman–Crippen MR) is 92.0 cm³/mol. The fraction of sp³-hybridized carbons (Fsp3) is 0.444. The summed E-state index contributed by atoms with van der Waals surface area (Å²) in [5.41, 5.74) is 7.69. The summed E-state index contributed by atoms with van der Waals surface area (Å²) in [6, 6.07) is 4.64. The van der Waals surface area contributed by atoms with Gasteiger partial charge in [0.05, 0.1) is 0 Å². The van der Waals surface area contributed by atoms with E-state index >= 15 is 0 Å². The molecule has 8 heteroatoms. The molecule has 0 aromatic heterocycles. The molecule has 8 nitrogen and oxygen atoms in total. The van der Waals surface area contributed by atoms with Crippen LogP contribution in [0.1, 0.15) is 35.2 Å². The van der Waals surface area contributed by atoms with Crippen LogP contribution in [0.4, 0.5) is 5.69 Å². The van der Waals surface area contributed by atoms with Gasteiger partial charge in [-0.25, -0.2) is 0 Å². The Kier molecular flexibility index (Phi) is 3.99. The number of imide groups is 1. The Morgan fingerprint density at radius 2 is 2.00 bits per heavy atom. The van der Waals surface area contributed by atoms with Gasteiger partial charge in [-0.3, -0.25) is 24.5 Å². The smallest absolute Gasteiger partial charge is 0.255 e. The maximum atomic E-state index is 12.8. The third-order valence-electron chi connectivity index (χ3n) is 5.39. The molecule has 0 spiro atoms. The maximum Gasteiger partial charge on any atom is 0.255 e. The Balaban J connectivity index is 1.64. The topological polar surface area (TPSA) is 113 Å². The van der Waals surface area contributed by atoms with E-state index in [0.717, 1.165) is 5.56 Å². The van der Waals surface area contributed by atoms with Crippen LogP contribution in [0, 0.1) is 5.92 Å². The maximum absolute atomic E-state index is 12.8. The van der Waals surface area contributed by atoms with Gasteiger partial charge in [-0.1, -0.05) is 6.07 Å². The van der Waals surface area contributed by atoms with Crippen molar-refractivity contribution < 1.29 is 19.2 Å². The number of nitrogens with zero attached hydrogens (tertiary/aromatic N) is 2. The van der Waals surface area contributed by atoms with Crippen molar-refractivity contribution in [3.8, 4) is 0 Å². The van der Waals surface area contributed by atoms with E-state index in [9.17, 15) is 19.2 Å². The van der Waals surface area contributed by atoms with E-state index in [0.29, 0.717) is 37.2 Å². The van der Waals surface area contributed by atoms with Gasteiger partial charge in [-0.2, -0.15) is 0 Å². The summed E-state index contributed by atoms with van der Waals surface area (Å²) in [5.74, 6) is -0.878. The number of hydrogen-bond donors (Lipinski definition) is 2. The first-order valence-electron chi connectivity index (χ1n) is 8.76. The molecule has 2 atom stereocenters. The number of rotatable bonds is 3. The van der Waals surface area contributed by atoms with Gasteiger partial charge in [0, 0.05) is 42.7 Å². The highest BCUT2D eigenvalue weighted by Gasteiger charge is 2.41. The molecule has 26 heavy (non-hydrogen) atoms. The molecule has 2 unspecified atom stereocenters.